The number of carbonyl (C=O) groups excluding carboxylic acids is 1. The Morgan fingerprint density at radius 3 is 2.85 bits per heavy atom. The van der Waals surface area contributed by atoms with E-state index in [-0.39, 0.29) is 30.4 Å². The molecule has 0 atom stereocenters. The predicted molar refractivity (Wildman–Crippen MR) is 71.1 cm³/mol. The monoisotopic (exact) mass is 301 g/mol. The molecule has 0 radical (unpaired) electrons. The average Bonchev–Trinajstić information content (AvgIpc) is 2.44. The number of carbonyl (C=O) groups is 1. The van der Waals surface area contributed by atoms with Crippen LogP contribution in [0.1, 0.15) is 0 Å². The Balaban J connectivity index is 2.60. The van der Waals surface area contributed by atoms with Crippen LogP contribution in [0.3, 0.4) is 0 Å². The number of nitro groups is 1. The van der Waals surface area contributed by atoms with Gasteiger partial charge >= 0.3 is 11.7 Å². The first-order valence-corrected chi connectivity index (χ1v) is 5.88. The Labute approximate surface area is 119 Å². The maximum Gasteiger partial charge on any atom is 0.344 e. The number of ether oxygens (including phenoxy) is 3. The highest BCUT2D eigenvalue weighted by Crippen LogP contribution is 2.30. The van der Waals surface area contributed by atoms with Crippen LogP contribution >= 0.6 is 11.6 Å². The molecule has 0 unspecified atom stereocenters. The molecule has 0 aliphatic heterocycles. The number of nitrogens with zero attached hydrogens (tertiary/aromatic N) is 1. The highest BCUT2D eigenvalue weighted by Gasteiger charge is 2.15. The van der Waals surface area contributed by atoms with Gasteiger partial charge in [-0.05, 0) is 12.1 Å². The molecule has 0 spiro atoms. The van der Waals surface area contributed by atoms with Crippen molar-refractivity contribution < 1.29 is 23.9 Å². The molecule has 1 aromatic carbocycles. The fraction of sp³-hybridized carbons (Fsp3) is 0.250. The van der Waals surface area contributed by atoms with Crippen molar-refractivity contribution in [3.63, 3.8) is 0 Å². The molecule has 8 heteroatoms. The van der Waals surface area contributed by atoms with Crippen LogP contribution in [0.5, 0.6) is 11.5 Å². The molecule has 0 N–H and O–H groups in total. The highest BCUT2D eigenvalue weighted by molar-refractivity contribution is 6.25. The van der Waals surface area contributed by atoms with Gasteiger partial charge in [-0.3, -0.25) is 10.1 Å². The molecule has 0 heterocycles. The summed E-state index contributed by atoms with van der Waals surface area (Å²) in [5, 5.41) is 10.7. The number of hydrogen-bond acceptors (Lipinski definition) is 6. The highest BCUT2D eigenvalue weighted by atomic mass is 35.5. The summed E-state index contributed by atoms with van der Waals surface area (Å²) in [6.45, 7) is -0.271. The number of halogens is 1. The third kappa shape index (κ3) is 4.77. The minimum absolute atomic E-state index is 0.0472. The summed E-state index contributed by atoms with van der Waals surface area (Å²) in [5.41, 5.74) is 1.05. The van der Waals surface area contributed by atoms with E-state index in [1.807, 2.05) is 0 Å². The lowest BCUT2D eigenvalue weighted by Crippen LogP contribution is -2.14. The van der Waals surface area contributed by atoms with Crippen molar-refractivity contribution in [2.45, 2.75) is 0 Å². The van der Waals surface area contributed by atoms with Crippen LogP contribution in [-0.4, -0.2) is 31.2 Å². The lowest BCUT2D eigenvalue weighted by atomic mass is 10.3. The smallest absolute Gasteiger partial charge is 0.344 e. The van der Waals surface area contributed by atoms with Crippen molar-refractivity contribution in [1.82, 2.24) is 0 Å². The second-order valence-electron chi connectivity index (χ2n) is 3.42. The summed E-state index contributed by atoms with van der Waals surface area (Å²) < 4.78 is 14.8. The van der Waals surface area contributed by atoms with Gasteiger partial charge in [0.25, 0.3) is 0 Å². The summed E-state index contributed by atoms with van der Waals surface area (Å²) in [6.07, 6.45) is 1.45. The Morgan fingerprint density at radius 1 is 1.50 bits per heavy atom. The number of methoxy groups -OCH3 is 1. The van der Waals surface area contributed by atoms with E-state index in [2.05, 4.69) is 0 Å². The summed E-state index contributed by atoms with van der Waals surface area (Å²) in [6, 6.07) is 3.92. The maximum atomic E-state index is 11.3. The summed E-state index contributed by atoms with van der Waals surface area (Å²) in [4.78, 5) is 21.4. The van der Waals surface area contributed by atoms with Crippen LogP contribution in [0.4, 0.5) is 5.69 Å². The van der Waals surface area contributed by atoms with E-state index in [1.165, 1.54) is 36.9 Å². The zero-order valence-electron chi connectivity index (χ0n) is 10.6. The zero-order chi connectivity index (χ0) is 15.0. The first-order chi connectivity index (χ1) is 9.58. The molecular formula is C12H12ClNO6. The van der Waals surface area contributed by atoms with Gasteiger partial charge in [0, 0.05) is 17.7 Å². The lowest BCUT2D eigenvalue weighted by Gasteiger charge is -2.07. The van der Waals surface area contributed by atoms with Crippen molar-refractivity contribution in [2.24, 2.45) is 0 Å². The van der Waals surface area contributed by atoms with Gasteiger partial charge in [0.15, 0.2) is 6.61 Å². The molecule has 0 aliphatic rings. The second-order valence-corrected chi connectivity index (χ2v) is 3.68. The number of benzene rings is 1. The summed E-state index contributed by atoms with van der Waals surface area (Å²) in [7, 11) is 1.30. The van der Waals surface area contributed by atoms with E-state index < -0.39 is 10.9 Å². The topological polar surface area (TPSA) is 87.9 Å². The van der Waals surface area contributed by atoms with Gasteiger partial charge < -0.3 is 14.2 Å². The average molecular weight is 302 g/mol. The van der Waals surface area contributed by atoms with Gasteiger partial charge in [0.05, 0.1) is 12.0 Å². The largest absolute Gasteiger partial charge is 0.490 e. The molecular weight excluding hydrogens is 290 g/mol. The fourth-order valence-electron chi connectivity index (χ4n) is 1.26. The van der Waals surface area contributed by atoms with Crippen LogP contribution in [0.25, 0.3) is 0 Å². The van der Waals surface area contributed by atoms with Gasteiger partial charge in [-0.1, -0.05) is 11.6 Å². The van der Waals surface area contributed by atoms with E-state index in [4.69, 9.17) is 25.8 Å². The molecule has 20 heavy (non-hydrogen) atoms. The minimum atomic E-state index is -0.586. The van der Waals surface area contributed by atoms with Gasteiger partial charge in [0.2, 0.25) is 5.75 Å². The Hall–Kier alpha value is -2.28. The molecule has 0 bridgehead atoms. The third-order valence-corrected chi connectivity index (χ3v) is 2.31. The molecule has 0 saturated carbocycles. The first kappa shape index (κ1) is 15.8. The third-order valence-electron chi connectivity index (χ3n) is 2.13. The fourth-order valence-corrected chi connectivity index (χ4v) is 1.33. The summed E-state index contributed by atoms with van der Waals surface area (Å²) in [5.74, 6) is -0.277. The molecule has 0 fully saturated rings. The van der Waals surface area contributed by atoms with Gasteiger partial charge in [0.1, 0.15) is 12.4 Å². The van der Waals surface area contributed by atoms with Crippen molar-refractivity contribution in [3.8, 4) is 11.5 Å². The SMILES string of the molecule is COc1cc(OCC(=O)OC/C=C/Cl)ccc1[N+](=O)[O-]. The standard InChI is InChI=1S/C12H12ClNO6/c1-18-11-7-9(3-4-10(11)14(16)17)20-8-12(15)19-6-2-5-13/h2-5,7H,6,8H2,1H3/b5-2+. The summed E-state index contributed by atoms with van der Waals surface area (Å²) >= 11 is 5.26. The number of rotatable bonds is 7. The van der Waals surface area contributed by atoms with Crippen molar-refractivity contribution in [2.75, 3.05) is 20.3 Å². The van der Waals surface area contributed by atoms with Gasteiger partial charge in [-0.2, -0.15) is 0 Å². The van der Waals surface area contributed by atoms with Gasteiger partial charge in [-0.15, -0.1) is 0 Å². The number of hydrogen-bond donors (Lipinski definition) is 0. The molecule has 0 aromatic heterocycles. The van der Waals surface area contributed by atoms with Crippen molar-refractivity contribution in [1.29, 1.82) is 0 Å². The second kappa shape index (κ2) is 8.00. The predicted octanol–water partition coefficient (Wildman–Crippen LogP) is 2.28. The van der Waals surface area contributed by atoms with E-state index in [9.17, 15) is 14.9 Å². The lowest BCUT2D eigenvalue weighted by molar-refractivity contribution is -0.385. The van der Waals surface area contributed by atoms with Crippen LogP contribution < -0.4 is 9.47 Å². The quantitative estimate of drug-likeness (QED) is 0.436. The van der Waals surface area contributed by atoms with Crippen LogP contribution in [0, 0.1) is 10.1 Å². The maximum absolute atomic E-state index is 11.3. The number of nitro benzene ring substituents is 1. The first-order valence-electron chi connectivity index (χ1n) is 5.44. The molecule has 0 saturated heterocycles. The van der Waals surface area contributed by atoms with Crippen LogP contribution in [-0.2, 0) is 9.53 Å². The van der Waals surface area contributed by atoms with E-state index in [0.29, 0.717) is 0 Å². The number of esters is 1. The van der Waals surface area contributed by atoms with Gasteiger partial charge in [-0.25, -0.2) is 4.79 Å². The minimum Gasteiger partial charge on any atom is -0.490 e. The Kier molecular flexibility index (Phi) is 6.31. The molecule has 108 valence electrons. The molecule has 0 aliphatic carbocycles. The van der Waals surface area contributed by atoms with Crippen molar-refractivity contribution in [3.05, 3.63) is 39.9 Å². The van der Waals surface area contributed by atoms with E-state index >= 15 is 0 Å². The van der Waals surface area contributed by atoms with E-state index in [1.54, 1.807) is 0 Å². The molecule has 7 nitrogen and oxygen atoms in total. The normalized spacial score (nSPS) is 10.3. The molecule has 1 rings (SSSR count). The zero-order valence-corrected chi connectivity index (χ0v) is 11.3. The van der Waals surface area contributed by atoms with Crippen LogP contribution in [0.15, 0.2) is 29.8 Å². The molecule has 0 amide bonds. The van der Waals surface area contributed by atoms with E-state index in [0.717, 1.165) is 0 Å². The molecule has 1 aromatic rings. The Morgan fingerprint density at radius 2 is 2.25 bits per heavy atom. The van der Waals surface area contributed by atoms with Crippen LogP contribution in [0.2, 0.25) is 0 Å². The Bertz CT molecular complexity index is 517. The van der Waals surface area contributed by atoms with Crippen molar-refractivity contribution >= 4 is 23.3 Å².